The van der Waals surface area contributed by atoms with Crippen LogP contribution in [0.5, 0.6) is 0 Å². The normalized spacial score (nSPS) is 15.7. The zero-order chi connectivity index (χ0) is 11.2. The molecule has 0 saturated carbocycles. The van der Waals surface area contributed by atoms with Crippen LogP contribution in [0.15, 0.2) is 29.3 Å². The summed E-state index contributed by atoms with van der Waals surface area (Å²) in [6, 6.07) is 8.59. The summed E-state index contributed by atoms with van der Waals surface area (Å²) in [5.74, 6) is 1.21. The molecule has 1 aliphatic heterocycles. The molecule has 0 atom stereocenters. The minimum absolute atomic E-state index is 1.00. The van der Waals surface area contributed by atoms with E-state index in [4.69, 9.17) is 0 Å². The lowest BCUT2D eigenvalue weighted by molar-refractivity contribution is 0.704. The summed E-state index contributed by atoms with van der Waals surface area (Å²) < 4.78 is 0. The Kier molecular flexibility index (Phi) is 3.97. The van der Waals surface area contributed by atoms with E-state index in [0.717, 1.165) is 25.9 Å². The maximum absolute atomic E-state index is 4.49. The molecule has 0 spiro atoms. The van der Waals surface area contributed by atoms with Gasteiger partial charge < -0.3 is 5.32 Å². The maximum Gasteiger partial charge on any atom is 0.0963 e. The molecule has 16 heavy (non-hydrogen) atoms. The van der Waals surface area contributed by atoms with Gasteiger partial charge in [-0.15, -0.1) is 0 Å². The predicted molar refractivity (Wildman–Crippen MR) is 69.0 cm³/mol. The molecule has 2 heteroatoms. The summed E-state index contributed by atoms with van der Waals surface area (Å²) in [6.07, 6.45) is 4.76. The SMILES string of the molecule is Cc1ccccc1CCNC1=NCCCC1. The Morgan fingerprint density at radius 2 is 2.12 bits per heavy atom. The fourth-order valence-corrected chi connectivity index (χ4v) is 2.07. The molecule has 0 unspecified atom stereocenters. The highest BCUT2D eigenvalue weighted by atomic mass is 15.0. The Morgan fingerprint density at radius 3 is 2.88 bits per heavy atom. The van der Waals surface area contributed by atoms with Gasteiger partial charge in [0.15, 0.2) is 0 Å². The Labute approximate surface area is 97.8 Å². The van der Waals surface area contributed by atoms with Gasteiger partial charge in [0.05, 0.1) is 5.84 Å². The second kappa shape index (κ2) is 5.69. The fourth-order valence-electron chi connectivity index (χ4n) is 2.07. The van der Waals surface area contributed by atoms with E-state index in [2.05, 4.69) is 41.5 Å². The molecule has 86 valence electrons. The minimum atomic E-state index is 1.00. The zero-order valence-electron chi connectivity index (χ0n) is 10.00. The summed E-state index contributed by atoms with van der Waals surface area (Å²) in [6.45, 7) is 4.18. The predicted octanol–water partition coefficient (Wildman–Crippen LogP) is 2.71. The van der Waals surface area contributed by atoms with Crippen molar-refractivity contribution in [2.75, 3.05) is 13.1 Å². The molecule has 1 aliphatic rings. The number of hydrogen-bond donors (Lipinski definition) is 1. The molecule has 0 amide bonds. The Hall–Kier alpha value is -1.31. The number of aliphatic imine (C=N–C) groups is 1. The van der Waals surface area contributed by atoms with Gasteiger partial charge in [-0.2, -0.15) is 0 Å². The van der Waals surface area contributed by atoms with E-state index < -0.39 is 0 Å². The quantitative estimate of drug-likeness (QED) is 0.825. The number of nitrogens with one attached hydrogen (secondary N) is 1. The van der Waals surface area contributed by atoms with Crippen molar-refractivity contribution in [3.8, 4) is 0 Å². The molecule has 0 radical (unpaired) electrons. The van der Waals surface area contributed by atoms with Crippen LogP contribution in [0.1, 0.15) is 30.4 Å². The third-order valence-corrected chi connectivity index (χ3v) is 3.11. The first-order valence-corrected chi connectivity index (χ1v) is 6.18. The van der Waals surface area contributed by atoms with E-state index in [1.807, 2.05) is 0 Å². The summed E-state index contributed by atoms with van der Waals surface area (Å²) in [5, 5.41) is 3.45. The summed E-state index contributed by atoms with van der Waals surface area (Å²) in [4.78, 5) is 4.49. The third kappa shape index (κ3) is 3.09. The van der Waals surface area contributed by atoms with Crippen LogP contribution < -0.4 is 5.32 Å². The van der Waals surface area contributed by atoms with Crippen LogP contribution in [0.3, 0.4) is 0 Å². The molecule has 0 fully saturated rings. The second-order valence-electron chi connectivity index (χ2n) is 4.39. The van der Waals surface area contributed by atoms with Crippen LogP contribution in [0.25, 0.3) is 0 Å². The lowest BCUT2D eigenvalue weighted by Gasteiger charge is -2.14. The summed E-state index contributed by atoms with van der Waals surface area (Å²) >= 11 is 0. The molecule has 0 saturated heterocycles. The van der Waals surface area contributed by atoms with Crippen molar-refractivity contribution in [3.05, 3.63) is 35.4 Å². The Bertz CT molecular complexity index is 369. The van der Waals surface area contributed by atoms with Gasteiger partial charge in [-0.25, -0.2) is 0 Å². The molecular formula is C14H20N2. The van der Waals surface area contributed by atoms with Crippen LogP contribution in [-0.2, 0) is 6.42 Å². The smallest absolute Gasteiger partial charge is 0.0963 e. The van der Waals surface area contributed by atoms with Crippen molar-refractivity contribution in [2.45, 2.75) is 32.6 Å². The van der Waals surface area contributed by atoms with Gasteiger partial charge in [-0.3, -0.25) is 4.99 Å². The van der Waals surface area contributed by atoms with Crippen molar-refractivity contribution >= 4 is 5.84 Å². The Balaban J connectivity index is 1.80. The molecule has 1 aromatic carbocycles. The van der Waals surface area contributed by atoms with E-state index in [0.29, 0.717) is 0 Å². The number of nitrogens with zero attached hydrogens (tertiary/aromatic N) is 1. The molecule has 0 aliphatic carbocycles. The van der Waals surface area contributed by atoms with Gasteiger partial charge in [0.2, 0.25) is 0 Å². The minimum Gasteiger partial charge on any atom is -0.374 e. The first-order valence-electron chi connectivity index (χ1n) is 6.18. The lowest BCUT2D eigenvalue weighted by atomic mass is 10.1. The molecular weight excluding hydrogens is 196 g/mol. The highest BCUT2D eigenvalue weighted by Gasteiger charge is 2.04. The van der Waals surface area contributed by atoms with Gasteiger partial charge in [-0.05, 0) is 37.3 Å². The van der Waals surface area contributed by atoms with Crippen molar-refractivity contribution < 1.29 is 0 Å². The number of rotatable bonds is 3. The number of aryl methyl sites for hydroxylation is 1. The van der Waals surface area contributed by atoms with Crippen LogP contribution in [0.4, 0.5) is 0 Å². The molecule has 1 heterocycles. The van der Waals surface area contributed by atoms with Crippen LogP contribution in [0, 0.1) is 6.92 Å². The van der Waals surface area contributed by atoms with Crippen molar-refractivity contribution in [1.82, 2.24) is 5.32 Å². The fraction of sp³-hybridized carbons (Fsp3) is 0.500. The second-order valence-corrected chi connectivity index (χ2v) is 4.39. The van der Waals surface area contributed by atoms with Crippen molar-refractivity contribution in [3.63, 3.8) is 0 Å². The summed E-state index contributed by atoms with van der Waals surface area (Å²) in [7, 11) is 0. The van der Waals surface area contributed by atoms with Gasteiger partial charge in [0.25, 0.3) is 0 Å². The molecule has 2 nitrogen and oxygen atoms in total. The van der Waals surface area contributed by atoms with Crippen LogP contribution in [-0.4, -0.2) is 18.9 Å². The van der Waals surface area contributed by atoms with Crippen LogP contribution in [0.2, 0.25) is 0 Å². The van der Waals surface area contributed by atoms with Gasteiger partial charge in [0.1, 0.15) is 0 Å². The van der Waals surface area contributed by atoms with Crippen molar-refractivity contribution in [2.24, 2.45) is 4.99 Å². The van der Waals surface area contributed by atoms with E-state index >= 15 is 0 Å². The van der Waals surface area contributed by atoms with E-state index in [-0.39, 0.29) is 0 Å². The highest BCUT2D eigenvalue weighted by Crippen LogP contribution is 2.08. The maximum atomic E-state index is 4.49. The number of amidine groups is 1. The summed E-state index contributed by atoms with van der Waals surface area (Å²) in [5.41, 5.74) is 2.82. The van der Waals surface area contributed by atoms with Gasteiger partial charge >= 0.3 is 0 Å². The van der Waals surface area contributed by atoms with Crippen LogP contribution >= 0.6 is 0 Å². The average molecular weight is 216 g/mol. The highest BCUT2D eigenvalue weighted by molar-refractivity contribution is 5.82. The topological polar surface area (TPSA) is 24.4 Å². The standard InChI is InChI=1S/C14H20N2/c1-12-6-2-3-7-13(12)9-11-16-14-8-4-5-10-15-14/h2-3,6-7H,4-5,8-11H2,1H3,(H,15,16). The molecule has 0 bridgehead atoms. The van der Waals surface area contributed by atoms with Crippen molar-refractivity contribution in [1.29, 1.82) is 0 Å². The largest absolute Gasteiger partial charge is 0.374 e. The number of benzene rings is 1. The molecule has 1 aromatic rings. The number of hydrogen-bond acceptors (Lipinski definition) is 2. The van der Waals surface area contributed by atoms with E-state index in [1.54, 1.807) is 0 Å². The third-order valence-electron chi connectivity index (χ3n) is 3.11. The van der Waals surface area contributed by atoms with Gasteiger partial charge in [-0.1, -0.05) is 24.3 Å². The Morgan fingerprint density at radius 1 is 1.25 bits per heavy atom. The van der Waals surface area contributed by atoms with E-state index in [9.17, 15) is 0 Å². The molecule has 0 aromatic heterocycles. The average Bonchev–Trinajstić information content (AvgIpc) is 2.33. The lowest BCUT2D eigenvalue weighted by Crippen LogP contribution is -2.27. The first kappa shape index (κ1) is 11.2. The monoisotopic (exact) mass is 216 g/mol. The van der Waals surface area contributed by atoms with E-state index in [1.165, 1.54) is 29.8 Å². The zero-order valence-corrected chi connectivity index (χ0v) is 10.00. The molecule has 2 rings (SSSR count). The first-order chi connectivity index (χ1) is 7.86. The molecule has 1 N–H and O–H groups in total. The van der Waals surface area contributed by atoms with Gasteiger partial charge in [0, 0.05) is 19.5 Å².